The van der Waals surface area contributed by atoms with Crippen molar-refractivity contribution in [3.05, 3.63) is 96.1 Å². The van der Waals surface area contributed by atoms with E-state index in [9.17, 15) is 4.79 Å². The van der Waals surface area contributed by atoms with Crippen molar-refractivity contribution in [2.45, 2.75) is 6.42 Å². The van der Waals surface area contributed by atoms with E-state index in [0.717, 1.165) is 23.0 Å². The van der Waals surface area contributed by atoms with Gasteiger partial charge in [0.15, 0.2) is 5.78 Å². The predicted octanol–water partition coefficient (Wildman–Crippen LogP) is 5.49. The van der Waals surface area contributed by atoms with Gasteiger partial charge in [0.1, 0.15) is 5.75 Å². The molecule has 1 aliphatic heterocycles. The molecular weight excluding hydrogens is 360 g/mol. The maximum absolute atomic E-state index is 13.1. The molecule has 0 aliphatic carbocycles. The van der Waals surface area contributed by atoms with Crippen LogP contribution >= 0.6 is 0 Å². The van der Waals surface area contributed by atoms with Crippen molar-refractivity contribution in [2.24, 2.45) is 5.92 Å². The van der Waals surface area contributed by atoms with Crippen molar-refractivity contribution in [1.82, 2.24) is 4.98 Å². The Bertz CT molecular complexity index is 1190. The summed E-state index contributed by atoms with van der Waals surface area (Å²) in [4.78, 5) is 17.6. The lowest BCUT2D eigenvalue weighted by Crippen LogP contribution is -2.31. The van der Waals surface area contributed by atoms with Crippen LogP contribution in [0.2, 0.25) is 0 Å². The molecule has 1 unspecified atom stereocenters. The number of pyridine rings is 1. The second-order valence-corrected chi connectivity index (χ2v) is 7.28. The molecule has 1 aliphatic rings. The fourth-order valence-electron chi connectivity index (χ4n) is 3.78. The minimum atomic E-state index is -0.0843. The number of hydrogen-bond acceptors (Lipinski definition) is 4. The summed E-state index contributed by atoms with van der Waals surface area (Å²) < 4.78 is 5.96. The molecule has 0 bridgehead atoms. The summed E-state index contributed by atoms with van der Waals surface area (Å²) in [5.41, 5.74) is 3.58. The molecule has 0 amide bonds. The number of nitrogens with one attached hydrogen (secondary N) is 1. The van der Waals surface area contributed by atoms with E-state index in [1.807, 2.05) is 72.8 Å². The largest absolute Gasteiger partial charge is 0.439 e. The third kappa shape index (κ3) is 3.57. The highest BCUT2D eigenvalue weighted by Crippen LogP contribution is 2.32. The minimum Gasteiger partial charge on any atom is -0.439 e. The highest BCUT2D eigenvalue weighted by atomic mass is 16.5. The van der Waals surface area contributed by atoms with Crippen LogP contribution in [0.4, 0.5) is 5.69 Å². The van der Waals surface area contributed by atoms with Crippen molar-refractivity contribution in [1.29, 1.82) is 0 Å². The number of ether oxygens (including phenoxy) is 1. The lowest BCUT2D eigenvalue weighted by Gasteiger charge is -2.25. The number of aromatic nitrogens is 1. The molecular formula is C25H20N2O2. The molecule has 3 aromatic carbocycles. The molecule has 4 nitrogen and oxygen atoms in total. The van der Waals surface area contributed by atoms with E-state index in [1.165, 1.54) is 5.56 Å². The van der Waals surface area contributed by atoms with Gasteiger partial charge in [-0.05, 0) is 42.3 Å². The first-order valence-corrected chi connectivity index (χ1v) is 9.76. The van der Waals surface area contributed by atoms with E-state index in [0.29, 0.717) is 23.7 Å². The van der Waals surface area contributed by atoms with Crippen LogP contribution in [-0.2, 0) is 6.42 Å². The number of carbonyl (C=O) groups is 1. The van der Waals surface area contributed by atoms with Crippen LogP contribution in [0, 0.1) is 5.92 Å². The van der Waals surface area contributed by atoms with Gasteiger partial charge < -0.3 is 10.1 Å². The lowest BCUT2D eigenvalue weighted by atomic mass is 9.87. The molecule has 29 heavy (non-hydrogen) atoms. The standard InChI is InChI=1S/C25H20N2O2/c28-25-19(14-17-6-2-1-3-7-17)16-26-23-12-11-20(15-21(23)25)29-24-13-10-18-8-4-5-9-22(18)27-24/h1-13,15,19,26H,14,16H2. The summed E-state index contributed by atoms with van der Waals surface area (Å²) in [6.45, 7) is 0.646. The fraction of sp³-hybridized carbons (Fsp3) is 0.120. The van der Waals surface area contributed by atoms with Crippen LogP contribution in [0.1, 0.15) is 15.9 Å². The number of carbonyl (C=O) groups excluding carboxylic acids is 1. The first-order valence-electron chi connectivity index (χ1n) is 9.76. The number of Topliss-reactive ketones (excluding diaryl/α,β-unsaturated/α-hetero) is 1. The normalized spacial score (nSPS) is 15.6. The Labute approximate surface area is 169 Å². The fourth-order valence-corrected chi connectivity index (χ4v) is 3.78. The Kier molecular flexibility index (Phi) is 4.45. The third-order valence-electron chi connectivity index (χ3n) is 5.29. The number of hydrogen-bond donors (Lipinski definition) is 1. The molecule has 142 valence electrons. The molecule has 0 spiro atoms. The summed E-state index contributed by atoms with van der Waals surface area (Å²) in [6.07, 6.45) is 0.726. The zero-order chi connectivity index (χ0) is 19.6. The average Bonchev–Trinajstić information content (AvgIpc) is 2.77. The molecule has 0 saturated heterocycles. The van der Waals surface area contributed by atoms with Gasteiger partial charge in [0.05, 0.1) is 5.52 Å². The van der Waals surface area contributed by atoms with Gasteiger partial charge in [-0.2, -0.15) is 0 Å². The Morgan fingerprint density at radius 1 is 0.931 bits per heavy atom. The number of rotatable bonds is 4. The van der Waals surface area contributed by atoms with Gasteiger partial charge in [0, 0.05) is 35.2 Å². The maximum Gasteiger partial charge on any atom is 0.219 e. The van der Waals surface area contributed by atoms with Gasteiger partial charge in [-0.15, -0.1) is 0 Å². The van der Waals surface area contributed by atoms with E-state index < -0.39 is 0 Å². The van der Waals surface area contributed by atoms with Crippen LogP contribution in [0.3, 0.4) is 0 Å². The molecule has 2 heterocycles. The van der Waals surface area contributed by atoms with Crippen molar-refractivity contribution >= 4 is 22.4 Å². The van der Waals surface area contributed by atoms with Crippen molar-refractivity contribution in [2.75, 3.05) is 11.9 Å². The van der Waals surface area contributed by atoms with Gasteiger partial charge >= 0.3 is 0 Å². The Morgan fingerprint density at radius 3 is 2.66 bits per heavy atom. The summed E-state index contributed by atoms with van der Waals surface area (Å²) in [5.74, 6) is 1.20. The smallest absolute Gasteiger partial charge is 0.219 e. The predicted molar refractivity (Wildman–Crippen MR) is 115 cm³/mol. The van der Waals surface area contributed by atoms with Gasteiger partial charge in [0.25, 0.3) is 0 Å². The second-order valence-electron chi connectivity index (χ2n) is 7.28. The maximum atomic E-state index is 13.1. The van der Waals surface area contributed by atoms with E-state index in [2.05, 4.69) is 22.4 Å². The van der Waals surface area contributed by atoms with E-state index in [-0.39, 0.29) is 11.7 Å². The first-order chi connectivity index (χ1) is 14.3. The monoisotopic (exact) mass is 380 g/mol. The van der Waals surface area contributed by atoms with Crippen LogP contribution in [0.5, 0.6) is 11.6 Å². The van der Waals surface area contributed by atoms with Crippen molar-refractivity contribution in [3.63, 3.8) is 0 Å². The zero-order valence-electron chi connectivity index (χ0n) is 15.8. The highest BCUT2D eigenvalue weighted by Gasteiger charge is 2.27. The van der Waals surface area contributed by atoms with Crippen molar-refractivity contribution in [3.8, 4) is 11.6 Å². The molecule has 4 heteroatoms. The number of fused-ring (bicyclic) bond motifs is 2. The summed E-state index contributed by atoms with van der Waals surface area (Å²) in [7, 11) is 0. The topological polar surface area (TPSA) is 51.2 Å². The van der Waals surface area contributed by atoms with E-state index >= 15 is 0 Å². The number of ketones is 1. The van der Waals surface area contributed by atoms with E-state index in [1.54, 1.807) is 0 Å². The summed E-state index contributed by atoms with van der Waals surface area (Å²) >= 11 is 0. The molecule has 1 atom stereocenters. The first kappa shape index (κ1) is 17.4. The van der Waals surface area contributed by atoms with Crippen LogP contribution in [0.25, 0.3) is 10.9 Å². The summed E-state index contributed by atoms with van der Waals surface area (Å²) in [5, 5.41) is 4.45. The highest BCUT2D eigenvalue weighted by molar-refractivity contribution is 6.05. The Hall–Kier alpha value is -3.66. The lowest BCUT2D eigenvalue weighted by molar-refractivity contribution is 0.0921. The SMILES string of the molecule is O=C1c2cc(Oc3ccc4ccccc4n3)ccc2NCC1Cc1ccccc1. The second kappa shape index (κ2) is 7.40. The molecule has 0 saturated carbocycles. The zero-order valence-corrected chi connectivity index (χ0v) is 15.8. The average molecular weight is 380 g/mol. The number of benzene rings is 3. The molecule has 1 aromatic heterocycles. The van der Waals surface area contributed by atoms with Gasteiger partial charge in [-0.3, -0.25) is 4.79 Å². The molecule has 0 fully saturated rings. The van der Waals surface area contributed by atoms with E-state index in [4.69, 9.17) is 4.74 Å². The van der Waals surface area contributed by atoms with Crippen molar-refractivity contribution < 1.29 is 9.53 Å². The van der Waals surface area contributed by atoms with Gasteiger partial charge in [0.2, 0.25) is 5.88 Å². The summed E-state index contributed by atoms with van der Waals surface area (Å²) in [6, 6.07) is 27.5. The minimum absolute atomic E-state index is 0.0843. The van der Waals surface area contributed by atoms with Gasteiger partial charge in [-0.1, -0.05) is 48.5 Å². The number of para-hydroxylation sites is 1. The number of anilines is 1. The number of nitrogens with zero attached hydrogens (tertiary/aromatic N) is 1. The molecule has 4 aromatic rings. The molecule has 0 radical (unpaired) electrons. The molecule has 5 rings (SSSR count). The molecule has 1 N–H and O–H groups in total. The third-order valence-corrected chi connectivity index (χ3v) is 5.29. The van der Waals surface area contributed by atoms with Crippen LogP contribution in [-0.4, -0.2) is 17.3 Å². The Morgan fingerprint density at radius 2 is 1.76 bits per heavy atom. The van der Waals surface area contributed by atoms with Gasteiger partial charge in [-0.25, -0.2) is 4.98 Å². The van der Waals surface area contributed by atoms with Crippen LogP contribution < -0.4 is 10.1 Å². The Balaban J connectivity index is 1.39. The van der Waals surface area contributed by atoms with Crippen LogP contribution in [0.15, 0.2) is 84.9 Å². The quantitative estimate of drug-likeness (QED) is 0.508.